The van der Waals surface area contributed by atoms with Gasteiger partial charge in [0.2, 0.25) is 0 Å². The Bertz CT molecular complexity index is 736. The maximum absolute atomic E-state index is 12.5. The first kappa shape index (κ1) is 18.5. The first-order chi connectivity index (χ1) is 12.0. The molecule has 6 atom stereocenters. The standard InChI is InChI=1S/C19H22O7/c1-8(2)17(22)24-12-7-19(5)13(20)6-11(26-19)9(3)15(21)16-14(12)10(4)18(23)25-16/h11-12,14-16,21H,1,3-4,6-7H2,2,5H3/t11?,12-,14+,15+,16-,19+/m0/s1. The van der Waals surface area contributed by atoms with Gasteiger partial charge in [-0.25, -0.2) is 9.59 Å². The van der Waals surface area contributed by atoms with Crippen LogP contribution in [-0.4, -0.2) is 52.8 Å². The minimum Gasteiger partial charge on any atom is -0.458 e. The highest BCUT2D eigenvalue weighted by Gasteiger charge is 2.57. The molecule has 0 aromatic rings. The van der Waals surface area contributed by atoms with Gasteiger partial charge in [-0.05, 0) is 19.4 Å². The number of ketones is 1. The van der Waals surface area contributed by atoms with Crippen molar-refractivity contribution in [1.82, 2.24) is 0 Å². The van der Waals surface area contributed by atoms with Gasteiger partial charge >= 0.3 is 11.9 Å². The van der Waals surface area contributed by atoms with Crippen LogP contribution in [0.3, 0.4) is 0 Å². The normalized spacial score (nSPS) is 39.6. The predicted molar refractivity (Wildman–Crippen MR) is 89.9 cm³/mol. The van der Waals surface area contributed by atoms with Gasteiger partial charge in [0.1, 0.15) is 23.9 Å². The Morgan fingerprint density at radius 3 is 2.62 bits per heavy atom. The summed E-state index contributed by atoms with van der Waals surface area (Å²) in [5.41, 5.74) is -0.723. The van der Waals surface area contributed by atoms with Crippen molar-refractivity contribution in [3.05, 3.63) is 36.5 Å². The van der Waals surface area contributed by atoms with E-state index < -0.39 is 47.9 Å². The van der Waals surface area contributed by atoms with Crippen LogP contribution in [0.15, 0.2) is 36.5 Å². The largest absolute Gasteiger partial charge is 0.458 e. The molecule has 1 unspecified atom stereocenters. The zero-order valence-electron chi connectivity index (χ0n) is 14.8. The highest BCUT2D eigenvalue weighted by atomic mass is 16.6. The van der Waals surface area contributed by atoms with E-state index in [1.165, 1.54) is 6.92 Å². The van der Waals surface area contributed by atoms with Gasteiger partial charge in [0.25, 0.3) is 0 Å². The molecule has 3 rings (SSSR count). The van der Waals surface area contributed by atoms with Gasteiger partial charge in [0, 0.05) is 24.0 Å². The maximum atomic E-state index is 12.5. The minimum absolute atomic E-state index is 0.0121. The van der Waals surface area contributed by atoms with E-state index in [0.29, 0.717) is 0 Å². The third-order valence-corrected chi connectivity index (χ3v) is 5.33. The van der Waals surface area contributed by atoms with Crippen molar-refractivity contribution in [1.29, 1.82) is 0 Å². The Morgan fingerprint density at radius 1 is 1.35 bits per heavy atom. The number of carbonyl (C=O) groups excluding carboxylic acids is 3. The zero-order valence-corrected chi connectivity index (χ0v) is 14.8. The van der Waals surface area contributed by atoms with E-state index in [-0.39, 0.29) is 35.3 Å². The number of rotatable bonds is 2. The van der Waals surface area contributed by atoms with Crippen LogP contribution < -0.4 is 0 Å². The van der Waals surface area contributed by atoms with Crippen LogP contribution in [0.4, 0.5) is 0 Å². The molecule has 1 N–H and O–H groups in total. The first-order valence-corrected chi connectivity index (χ1v) is 8.39. The number of hydrogen-bond donors (Lipinski definition) is 1. The van der Waals surface area contributed by atoms with E-state index in [1.54, 1.807) is 6.92 Å². The van der Waals surface area contributed by atoms with Crippen molar-refractivity contribution in [2.24, 2.45) is 5.92 Å². The molecule has 0 amide bonds. The van der Waals surface area contributed by atoms with Crippen LogP contribution in [0.1, 0.15) is 26.7 Å². The van der Waals surface area contributed by atoms with Gasteiger partial charge in [-0.15, -0.1) is 0 Å². The molecule has 3 heterocycles. The molecule has 0 aliphatic carbocycles. The van der Waals surface area contributed by atoms with Crippen molar-refractivity contribution in [2.75, 3.05) is 0 Å². The van der Waals surface area contributed by atoms with Crippen LogP contribution in [0, 0.1) is 5.92 Å². The van der Waals surface area contributed by atoms with E-state index >= 15 is 0 Å². The second-order valence-electron chi connectivity index (χ2n) is 7.33. The summed E-state index contributed by atoms with van der Waals surface area (Å²) in [4.78, 5) is 36.7. The second-order valence-corrected chi connectivity index (χ2v) is 7.33. The van der Waals surface area contributed by atoms with Gasteiger partial charge in [0.05, 0.1) is 12.0 Å². The number of fused-ring (bicyclic) bond motifs is 3. The van der Waals surface area contributed by atoms with Crippen LogP contribution in [0.5, 0.6) is 0 Å². The highest BCUT2D eigenvalue weighted by Crippen LogP contribution is 2.44. The van der Waals surface area contributed by atoms with E-state index in [9.17, 15) is 19.5 Å². The number of esters is 2. The van der Waals surface area contributed by atoms with Gasteiger partial charge < -0.3 is 19.3 Å². The summed E-state index contributed by atoms with van der Waals surface area (Å²) >= 11 is 0. The number of hydrogen-bond acceptors (Lipinski definition) is 7. The molecule has 0 radical (unpaired) electrons. The average molecular weight is 362 g/mol. The van der Waals surface area contributed by atoms with Gasteiger partial charge in [0.15, 0.2) is 5.78 Å². The quantitative estimate of drug-likeness (QED) is 0.445. The number of carbonyl (C=O) groups is 3. The Hall–Kier alpha value is -2.25. The smallest absolute Gasteiger partial charge is 0.334 e. The average Bonchev–Trinajstić information content (AvgIpc) is 3.02. The first-order valence-electron chi connectivity index (χ1n) is 8.39. The molecule has 3 aliphatic rings. The molecule has 3 aliphatic heterocycles. The van der Waals surface area contributed by atoms with Crippen molar-refractivity contribution >= 4 is 17.7 Å². The van der Waals surface area contributed by atoms with Crippen LogP contribution >= 0.6 is 0 Å². The van der Waals surface area contributed by atoms with Gasteiger partial charge in [-0.1, -0.05) is 19.7 Å². The monoisotopic (exact) mass is 362 g/mol. The van der Waals surface area contributed by atoms with Gasteiger partial charge in [-0.2, -0.15) is 0 Å². The number of aliphatic hydroxyl groups is 1. The molecule has 0 saturated carbocycles. The SMILES string of the molecule is C=C(C)C(=O)O[C@H]1C[C@@]2(C)OC(CC2=O)C(=C)[C@@H](O)[C@H]2OC(=O)C(=C)[C@@H]21. The molecule has 3 fully saturated rings. The summed E-state index contributed by atoms with van der Waals surface area (Å²) in [5.74, 6) is -2.33. The zero-order chi connectivity index (χ0) is 19.4. The van der Waals surface area contributed by atoms with E-state index in [2.05, 4.69) is 19.7 Å². The molecular formula is C19H22O7. The Morgan fingerprint density at radius 2 is 2.00 bits per heavy atom. The summed E-state index contributed by atoms with van der Waals surface area (Å²) in [6.45, 7) is 14.2. The lowest BCUT2D eigenvalue weighted by atomic mass is 9.79. The van der Waals surface area contributed by atoms with Crippen molar-refractivity contribution < 1.29 is 33.7 Å². The molecule has 7 nitrogen and oxygen atoms in total. The molecule has 140 valence electrons. The molecule has 3 saturated heterocycles. The molecule has 26 heavy (non-hydrogen) atoms. The van der Waals surface area contributed by atoms with Crippen molar-refractivity contribution in [2.45, 2.75) is 56.7 Å². The fraction of sp³-hybridized carbons (Fsp3) is 0.526. The molecule has 0 aromatic carbocycles. The summed E-state index contributed by atoms with van der Waals surface area (Å²) < 4.78 is 16.7. The third-order valence-electron chi connectivity index (χ3n) is 5.33. The lowest BCUT2D eigenvalue weighted by Gasteiger charge is -2.32. The Kier molecular flexibility index (Phi) is 4.40. The van der Waals surface area contributed by atoms with Crippen molar-refractivity contribution in [3.8, 4) is 0 Å². The molecule has 7 heteroatoms. The lowest BCUT2D eigenvalue weighted by molar-refractivity contribution is -0.156. The lowest BCUT2D eigenvalue weighted by Crippen LogP contribution is -2.45. The molecule has 0 spiro atoms. The second kappa shape index (κ2) is 6.17. The van der Waals surface area contributed by atoms with E-state index in [1.807, 2.05) is 0 Å². The minimum atomic E-state index is -1.27. The summed E-state index contributed by atoms with van der Waals surface area (Å²) in [6, 6.07) is 0. The summed E-state index contributed by atoms with van der Waals surface area (Å²) in [7, 11) is 0. The summed E-state index contributed by atoms with van der Waals surface area (Å²) in [6.07, 6.45) is -3.85. The van der Waals surface area contributed by atoms with Crippen LogP contribution in [0.2, 0.25) is 0 Å². The number of ether oxygens (including phenoxy) is 3. The van der Waals surface area contributed by atoms with E-state index in [4.69, 9.17) is 14.2 Å². The number of Topliss-reactive ketones (excluding diaryl/α,β-unsaturated/α-hetero) is 1. The predicted octanol–water partition coefficient (Wildman–Crippen LogP) is 1.01. The van der Waals surface area contributed by atoms with Crippen LogP contribution in [0.25, 0.3) is 0 Å². The highest BCUT2D eigenvalue weighted by molar-refractivity contribution is 5.93. The van der Waals surface area contributed by atoms with Crippen LogP contribution in [-0.2, 0) is 28.6 Å². The molecule has 0 aromatic heterocycles. The maximum Gasteiger partial charge on any atom is 0.334 e. The molecular weight excluding hydrogens is 340 g/mol. The van der Waals surface area contributed by atoms with Gasteiger partial charge in [-0.3, -0.25) is 4.79 Å². The molecule has 2 bridgehead atoms. The Labute approximate surface area is 151 Å². The number of aliphatic hydroxyl groups excluding tert-OH is 1. The fourth-order valence-electron chi connectivity index (χ4n) is 3.74. The van der Waals surface area contributed by atoms with Crippen molar-refractivity contribution in [3.63, 3.8) is 0 Å². The summed E-state index contributed by atoms with van der Waals surface area (Å²) in [5, 5.41) is 10.7. The fourth-order valence-corrected chi connectivity index (χ4v) is 3.74. The third kappa shape index (κ3) is 2.81. The Balaban J connectivity index is 2.06. The topological polar surface area (TPSA) is 99.1 Å². The van der Waals surface area contributed by atoms with E-state index in [0.717, 1.165) is 0 Å².